The van der Waals surface area contributed by atoms with Gasteiger partial charge in [0.25, 0.3) is 0 Å². The van der Waals surface area contributed by atoms with Gasteiger partial charge in [-0.05, 0) is 12.1 Å². The fraction of sp³-hybridized carbons (Fsp3) is 0.200. The van der Waals surface area contributed by atoms with Crippen LogP contribution in [-0.4, -0.2) is 39.6 Å². The quantitative estimate of drug-likeness (QED) is 0.558. The summed E-state index contributed by atoms with van der Waals surface area (Å²) >= 11 is 5.94. The third-order valence-electron chi connectivity index (χ3n) is 4.12. The van der Waals surface area contributed by atoms with Gasteiger partial charge < -0.3 is 28.8 Å². The molecule has 0 aliphatic rings. The fourth-order valence-electron chi connectivity index (χ4n) is 2.76. The summed E-state index contributed by atoms with van der Waals surface area (Å²) in [7, 11) is 5.81. The average Bonchev–Trinajstić information content (AvgIpc) is 3.16. The highest BCUT2D eigenvalue weighted by Crippen LogP contribution is 2.41. The number of carbonyl (C=O) groups is 1. The normalized spacial score (nSPS) is 10.4. The molecular formula is C20H19ClN2O6. The second-order valence-corrected chi connectivity index (χ2v) is 6.21. The van der Waals surface area contributed by atoms with E-state index in [0.717, 1.165) is 0 Å². The van der Waals surface area contributed by atoms with Gasteiger partial charge in [-0.2, -0.15) is 0 Å². The third-order valence-corrected chi connectivity index (χ3v) is 4.37. The zero-order valence-corrected chi connectivity index (χ0v) is 17.0. The summed E-state index contributed by atoms with van der Waals surface area (Å²) in [6.07, 6.45) is 0. The van der Waals surface area contributed by atoms with Crippen LogP contribution in [0, 0.1) is 0 Å². The minimum Gasteiger partial charge on any atom is -0.493 e. The van der Waals surface area contributed by atoms with Crippen LogP contribution in [0.25, 0.3) is 11.3 Å². The van der Waals surface area contributed by atoms with Crippen LogP contribution in [0.4, 0.5) is 11.6 Å². The maximum absolute atomic E-state index is 12.4. The fourth-order valence-corrected chi connectivity index (χ4v) is 2.88. The Morgan fingerprint density at radius 3 is 2.14 bits per heavy atom. The van der Waals surface area contributed by atoms with E-state index in [-0.39, 0.29) is 11.4 Å². The molecule has 0 saturated carbocycles. The molecule has 0 spiro atoms. The van der Waals surface area contributed by atoms with Crippen LogP contribution in [0.5, 0.6) is 17.2 Å². The first kappa shape index (κ1) is 20.3. The number of hydrogen-bond acceptors (Lipinski definition) is 8. The van der Waals surface area contributed by atoms with E-state index < -0.39 is 5.97 Å². The molecule has 29 heavy (non-hydrogen) atoms. The summed E-state index contributed by atoms with van der Waals surface area (Å²) in [6, 6.07) is 10.2. The third kappa shape index (κ3) is 4.07. The number of carbonyl (C=O) groups excluding carboxylic acids is 1. The molecule has 0 fully saturated rings. The zero-order valence-electron chi connectivity index (χ0n) is 16.2. The largest absolute Gasteiger partial charge is 0.493 e. The van der Waals surface area contributed by atoms with Gasteiger partial charge in [-0.3, -0.25) is 0 Å². The van der Waals surface area contributed by atoms with Crippen LogP contribution in [0.15, 0.2) is 40.9 Å². The van der Waals surface area contributed by atoms with E-state index in [1.807, 2.05) is 0 Å². The van der Waals surface area contributed by atoms with E-state index in [9.17, 15) is 4.79 Å². The highest BCUT2D eigenvalue weighted by Gasteiger charge is 2.26. The van der Waals surface area contributed by atoms with Gasteiger partial charge in [0, 0.05) is 28.4 Å². The Morgan fingerprint density at radius 1 is 1.00 bits per heavy atom. The maximum atomic E-state index is 12.4. The van der Waals surface area contributed by atoms with Crippen molar-refractivity contribution < 1.29 is 28.3 Å². The van der Waals surface area contributed by atoms with Crippen molar-refractivity contribution in [2.45, 2.75) is 0 Å². The average molecular weight is 419 g/mol. The Kier molecular flexibility index (Phi) is 6.13. The number of ether oxygens (including phenoxy) is 4. The summed E-state index contributed by atoms with van der Waals surface area (Å²) in [6.45, 7) is 0. The first-order chi connectivity index (χ1) is 14.0. The van der Waals surface area contributed by atoms with Crippen molar-refractivity contribution >= 4 is 29.1 Å². The van der Waals surface area contributed by atoms with Gasteiger partial charge in [0.05, 0.1) is 28.4 Å². The zero-order chi connectivity index (χ0) is 21.0. The molecule has 0 amide bonds. The van der Waals surface area contributed by atoms with Gasteiger partial charge >= 0.3 is 5.97 Å². The van der Waals surface area contributed by atoms with Gasteiger partial charge in [0.1, 0.15) is 5.69 Å². The molecule has 1 aromatic heterocycles. The van der Waals surface area contributed by atoms with Gasteiger partial charge in [-0.15, -0.1) is 0 Å². The monoisotopic (exact) mass is 418 g/mol. The molecule has 0 saturated heterocycles. The molecule has 3 aromatic rings. The Morgan fingerprint density at radius 2 is 1.62 bits per heavy atom. The topological polar surface area (TPSA) is 92.1 Å². The Labute approximate surface area is 172 Å². The minimum absolute atomic E-state index is 0.107. The summed E-state index contributed by atoms with van der Waals surface area (Å²) in [5, 5.41) is 7.61. The molecule has 152 valence electrons. The summed E-state index contributed by atoms with van der Waals surface area (Å²) < 4.78 is 26.3. The van der Waals surface area contributed by atoms with Crippen molar-refractivity contribution in [3.05, 3.63) is 47.0 Å². The number of esters is 1. The van der Waals surface area contributed by atoms with Gasteiger partial charge in [0.2, 0.25) is 11.6 Å². The predicted molar refractivity (Wildman–Crippen MR) is 108 cm³/mol. The van der Waals surface area contributed by atoms with Crippen molar-refractivity contribution in [2.24, 2.45) is 0 Å². The molecule has 2 aromatic carbocycles. The van der Waals surface area contributed by atoms with Crippen LogP contribution >= 0.6 is 11.6 Å². The van der Waals surface area contributed by atoms with E-state index >= 15 is 0 Å². The van der Waals surface area contributed by atoms with Crippen LogP contribution < -0.4 is 19.5 Å². The van der Waals surface area contributed by atoms with Crippen molar-refractivity contribution in [1.29, 1.82) is 0 Å². The second kappa shape index (κ2) is 8.74. The number of hydrogen-bond donors (Lipinski definition) is 1. The maximum Gasteiger partial charge on any atom is 0.345 e. The van der Waals surface area contributed by atoms with Crippen LogP contribution in [0.1, 0.15) is 10.4 Å². The van der Waals surface area contributed by atoms with Gasteiger partial charge in [0.15, 0.2) is 17.1 Å². The standard InChI is InChI=1S/C20H19ClN2O6/c1-25-14-9-13(10-15(26-2)18(14)27-3)22-19-16(20(24)28-4)17(23-29-19)11-5-7-12(21)8-6-11/h5-10,22H,1-4H3. The summed E-state index contributed by atoms with van der Waals surface area (Å²) in [5.41, 5.74) is 1.65. The lowest BCUT2D eigenvalue weighted by Gasteiger charge is -2.14. The van der Waals surface area contributed by atoms with Crippen LogP contribution in [0.3, 0.4) is 0 Å². The van der Waals surface area contributed by atoms with Crippen molar-refractivity contribution in [3.63, 3.8) is 0 Å². The van der Waals surface area contributed by atoms with Gasteiger partial charge in [-0.1, -0.05) is 28.9 Å². The molecule has 3 rings (SSSR count). The molecule has 0 aliphatic heterocycles. The number of anilines is 2. The molecule has 0 atom stereocenters. The summed E-state index contributed by atoms with van der Waals surface area (Å²) in [4.78, 5) is 12.4. The van der Waals surface area contributed by atoms with E-state index in [4.69, 9.17) is 35.1 Å². The van der Waals surface area contributed by atoms with Crippen molar-refractivity contribution in [2.75, 3.05) is 33.8 Å². The van der Waals surface area contributed by atoms with E-state index in [1.54, 1.807) is 36.4 Å². The molecule has 9 heteroatoms. The number of benzene rings is 2. The first-order valence-electron chi connectivity index (χ1n) is 8.43. The molecule has 1 heterocycles. The lowest BCUT2D eigenvalue weighted by Crippen LogP contribution is -2.05. The Hall–Kier alpha value is -3.39. The Balaban J connectivity index is 2.06. The molecule has 8 nitrogen and oxygen atoms in total. The number of rotatable bonds is 7. The number of aromatic nitrogens is 1. The number of halogens is 1. The molecular weight excluding hydrogens is 400 g/mol. The van der Waals surface area contributed by atoms with Crippen LogP contribution in [0.2, 0.25) is 5.02 Å². The SMILES string of the molecule is COC(=O)c1c(-c2ccc(Cl)cc2)noc1Nc1cc(OC)c(OC)c(OC)c1. The molecule has 0 aliphatic carbocycles. The molecule has 0 radical (unpaired) electrons. The summed E-state index contributed by atoms with van der Waals surface area (Å²) in [5.74, 6) is 0.813. The number of methoxy groups -OCH3 is 4. The Bertz CT molecular complexity index is 991. The molecule has 0 bridgehead atoms. The lowest BCUT2D eigenvalue weighted by molar-refractivity contribution is 0.0602. The second-order valence-electron chi connectivity index (χ2n) is 5.77. The van der Waals surface area contributed by atoms with Crippen molar-refractivity contribution in [3.8, 4) is 28.5 Å². The van der Waals surface area contributed by atoms with E-state index in [1.165, 1.54) is 28.4 Å². The highest BCUT2D eigenvalue weighted by atomic mass is 35.5. The first-order valence-corrected chi connectivity index (χ1v) is 8.81. The smallest absolute Gasteiger partial charge is 0.345 e. The number of nitrogens with one attached hydrogen (secondary N) is 1. The van der Waals surface area contributed by atoms with Crippen LogP contribution in [-0.2, 0) is 4.74 Å². The lowest BCUT2D eigenvalue weighted by atomic mass is 10.1. The predicted octanol–water partition coefficient (Wildman–Crippen LogP) is 4.55. The van der Waals surface area contributed by atoms with E-state index in [2.05, 4.69) is 10.5 Å². The molecule has 1 N–H and O–H groups in total. The number of nitrogens with zero attached hydrogens (tertiary/aromatic N) is 1. The van der Waals surface area contributed by atoms with Crippen molar-refractivity contribution in [1.82, 2.24) is 5.16 Å². The highest BCUT2D eigenvalue weighted by molar-refractivity contribution is 6.30. The molecule has 0 unspecified atom stereocenters. The minimum atomic E-state index is -0.605. The van der Waals surface area contributed by atoms with Gasteiger partial charge in [-0.25, -0.2) is 4.79 Å². The van der Waals surface area contributed by atoms with E-state index in [0.29, 0.717) is 39.2 Å².